The van der Waals surface area contributed by atoms with Gasteiger partial charge in [0.2, 0.25) is 5.71 Å². The number of para-hydroxylation sites is 4. The number of fused-ring (bicyclic) bond motifs is 9. The minimum absolute atomic E-state index is 0.876. The Morgan fingerprint density at radius 2 is 1.00 bits per heavy atom. The number of hydrogen-bond acceptors (Lipinski definition) is 1. The number of furan rings is 1. The first-order valence-corrected chi connectivity index (χ1v) is 15.4. The second kappa shape index (κ2) is 9.22. The molecular weight excluding hydrogens is 548 g/mol. The van der Waals surface area contributed by atoms with Crippen LogP contribution in [0.3, 0.4) is 0 Å². The first-order valence-electron chi connectivity index (χ1n) is 15.4. The molecule has 3 heteroatoms. The summed E-state index contributed by atoms with van der Waals surface area (Å²) in [7, 11) is 0. The lowest BCUT2D eigenvalue weighted by molar-refractivity contribution is 0.645. The first kappa shape index (κ1) is 24.4. The second-order valence-electron chi connectivity index (χ2n) is 11.7. The zero-order valence-corrected chi connectivity index (χ0v) is 24.3. The molecule has 0 unspecified atom stereocenters. The van der Waals surface area contributed by atoms with Crippen LogP contribution in [0.5, 0.6) is 0 Å². The average molecular weight is 575 g/mol. The van der Waals surface area contributed by atoms with E-state index < -0.39 is 0 Å². The van der Waals surface area contributed by atoms with E-state index in [4.69, 9.17) is 4.42 Å². The molecule has 3 aromatic heterocycles. The quantitative estimate of drug-likeness (QED) is 0.206. The number of hydrogen-bond donors (Lipinski definition) is 0. The summed E-state index contributed by atoms with van der Waals surface area (Å²) in [5.74, 6) is 0. The van der Waals surface area contributed by atoms with Crippen LogP contribution < -0.4 is 0 Å². The van der Waals surface area contributed by atoms with E-state index in [1.54, 1.807) is 0 Å². The van der Waals surface area contributed by atoms with Gasteiger partial charge >= 0.3 is 0 Å². The molecule has 0 aliphatic heterocycles. The normalized spacial score (nSPS) is 12.0. The van der Waals surface area contributed by atoms with Crippen LogP contribution in [0.25, 0.3) is 88.1 Å². The summed E-state index contributed by atoms with van der Waals surface area (Å²) in [5, 5.41) is 8.46. The molecule has 10 rings (SSSR count). The van der Waals surface area contributed by atoms with Crippen LogP contribution in [0.2, 0.25) is 0 Å². The highest BCUT2D eigenvalue weighted by Crippen LogP contribution is 2.42. The van der Waals surface area contributed by atoms with Crippen LogP contribution in [0.4, 0.5) is 0 Å². The Kier molecular flexibility index (Phi) is 5.00. The van der Waals surface area contributed by atoms with Crippen molar-refractivity contribution >= 4 is 65.6 Å². The fourth-order valence-corrected chi connectivity index (χ4v) is 7.40. The number of rotatable bonds is 3. The van der Waals surface area contributed by atoms with Crippen molar-refractivity contribution in [1.82, 2.24) is 9.13 Å². The van der Waals surface area contributed by atoms with E-state index in [0.717, 1.165) is 33.3 Å². The van der Waals surface area contributed by atoms with Crippen molar-refractivity contribution < 1.29 is 4.42 Å². The zero-order valence-electron chi connectivity index (χ0n) is 24.3. The van der Waals surface area contributed by atoms with Gasteiger partial charge in [0.25, 0.3) is 0 Å². The van der Waals surface area contributed by atoms with Gasteiger partial charge in [-0.1, -0.05) is 109 Å². The van der Waals surface area contributed by atoms with Crippen LogP contribution in [-0.2, 0) is 0 Å². The van der Waals surface area contributed by atoms with Crippen molar-refractivity contribution in [2.24, 2.45) is 0 Å². The van der Waals surface area contributed by atoms with E-state index >= 15 is 0 Å². The minimum atomic E-state index is 0.876. The largest absolute Gasteiger partial charge is 0.439 e. The summed E-state index contributed by atoms with van der Waals surface area (Å²) >= 11 is 0. The van der Waals surface area contributed by atoms with Gasteiger partial charge in [0, 0.05) is 32.6 Å². The molecule has 0 aliphatic carbocycles. The molecule has 0 spiro atoms. The highest BCUT2D eigenvalue weighted by Gasteiger charge is 2.21. The molecule has 0 N–H and O–H groups in total. The summed E-state index contributed by atoms with van der Waals surface area (Å²) in [6, 6.07) is 56.5. The third-order valence-corrected chi connectivity index (χ3v) is 9.33. The molecule has 3 nitrogen and oxygen atoms in total. The summed E-state index contributed by atoms with van der Waals surface area (Å²) in [6.07, 6.45) is 0. The van der Waals surface area contributed by atoms with Gasteiger partial charge in [0.15, 0.2) is 0 Å². The average Bonchev–Trinajstić information content (AvgIpc) is 3.75. The Bertz CT molecular complexity index is 2710. The fraction of sp³-hybridized carbons (Fsp3) is 0. The van der Waals surface area contributed by atoms with Crippen molar-refractivity contribution in [1.29, 1.82) is 0 Å². The van der Waals surface area contributed by atoms with Gasteiger partial charge in [-0.05, 0) is 65.0 Å². The summed E-state index contributed by atoms with van der Waals surface area (Å²) in [5.41, 5.74) is 10.0. The standard InChI is InChI=1S/C42H26N2O/c1-2-12-28(13-3-1)43-39-24-22-27(26-35(39)41-34-18-8-11-21-40(34)45-42(41)43)29-23-25-38(31-15-5-4-14-30(29)31)44-36-19-9-6-16-32(36)33-17-7-10-20-37(33)44/h1-26H. The highest BCUT2D eigenvalue weighted by atomic mass is 16.3. The van der Waals surface area contributed by atoms with Crippen molar-refractivity contribution in [3.63, 3.8) is 0 Å². The van der Waals surface area contributed by atoms with E-state index in [-0.39, 0.29) is 0 Å². The smallest absolute Gasteiger partial charge is 0.213 e. The van der Waals surface area contributed by atoms with Gasteiger partial charge < -0.3 is 8.98 Å². The van der Waals surface area contributed by atoms with Gasteiger partial charge in [-0.3, -0.25) is 4.57 Å². The van der Waals surface area contributed by atoms with Crippen LogP contribution in [-0.4, -0.2) is 9.13 Å². The SMILES string of the molecule is c1ccc(-n2c3ccc(-c4ccc(-n5c6ccccc6c6ccccc65)c5ccccc45)cc3c3c4ccccc4oc32)cc1. The highest BCUT2D eigenvalue weighted by molar-refractivity contribution is 6.21. The Morgan fingerprint density at radius 1 is 0.400 bits per heavy atom. The predicted octanol–water partition coefficient (Wildman–Crippen LogP) is 11.4. The van der Waals surface area contributed by atoms with Gasteiger partial charge in [-0.25, -0.2) is 0 Å². The Morgan fingerprint density at radius 3 is 1.76 bits per heavy atom. The molecular formula is C42H26N2O. The predicted molar refractivity (Wildman–Crippen MR) is 188 cm³/mol. The molecule has 0 fully saturated rings. The van der Waals surface area contributed by atoms with Gasteiger partial charge in [-0.2, -0.15) is 0 Å². The molecule has 0 atom stereocenters. The molecule has 0 amide bonds. The maximum absolute atomic E-state index is 6.53. The molecule has 0 saturated carbocycles. The first-order chi connectivity index (χ1) is 22.3. The van der Waals surface area contributed by atoms with Crippen LogP contribution in [0.15, 0.2) is 162 Å². The maximum atomic E-state index is 6.53. The van der Waals surface area contributed by atoms with Crippen molar-refractivity contribution in [2.75, 3.05) is 0 Å². The number of benzene rings is 7. The number of aromatic nitrogens is 2. The summed E-state index contributed by atoms with van der Waals surface area (Å²) < 4.78 is 11.2. The fourth-order valence-electron chi connectivity index (χ4n) is 7.40. The molecule has 0 bridgehead atoms. The number of nitrogens with zero attached hydrogens (tertiary/aromatic N) is 2. The lowest BCUT2D eigenvalue weighted by Gasteiger charge is -2.15. The lowest BCUT2D eigenvalue weighted by Crippen LogP contribution is -1.96. The van der Waals surface area contributed by atoms with Crippen molar-refractivity contribution in [2.45, 2.75) is 0 Å². The van der Waals surface area contributed by atoms with Gasteiger partial charge in [0.05, 0.1) is 27.6 Å². The third kappa shape index (κ3) is 3.41. The molecule has 7 aromatic carbocycles. The zero-order chi connectivity index (χ0) is 29.5. The molecule has 3 heterocycles. The van der Waals surface area contributed by atoms with E-state index in [2.05, 4.69) is 161 Å². The van der Waals surface area contributed by atoms with Gasteiger partial charge in [-0.15, -0.1) is 0 Å². The summed E-state index contributed by atoms with van der Waals surface area (Å²) in [6.45, 7) is 0. The van der Waals surface area contributed by atoms with E-state index in [1.165, 1.54) is 54.8 Å². The van der Waals surface area contributed by atoms with Crippen LogP contribution in [0, 0.1) is 0 Å². The molecule has 0 saturated heterocycles. The topological polar surface area (TPSA) is 23.0 Å². The van der Waals surface area contributed by atoms with Gasteiger partial charge in [0.1, 0.15) is 5.58 Å². The Hall–Kier alpha value is -6.06. The second-order valence-corrected chi connectivity index (χ2v) is 11.7. The Balaban J connectivity index is 1.25. The summed E-state index contributed by atoms with van der Waals surface area (Å²) in [4.78, 5) is 0. The van der Waals surface area contributed by atoms with E-state index in [9.17, 15) is 0 Å². The molecule has 10 aromatic rings. The molecule has 0 radical (unpaired) electrons. The Labute approximate surface area is 258 Å². The van der Waals surface area contributed by atoms with Crippen molar-refractivity contribution in [3.05, 3.63) is 158 Å². The maximum Gasteiger partial charge on any atom is 0.213 e. The minimum Gasteiger partial charge on any atom is -0.439 e. The van der Waals surface area contributed by atoms with Crippen molar-refractivity contribution in [3.8, 4) is 22.5 Å². The van der Waals surface area contributed by atoms with E-state index in [1.807, 2.05) is 6.07 Å². The van der Waals surface area contributed by atoms with Crippen LogP contribution in [0.1, 0.15) is 0 Å². The van der Waals surface area contributed by atoms with E-state index in [0.29, 0.717) is 0 Å². The monoisotopic (exact) mass is 574 g/mol. The third-order valence-electron chi connectivity index (χ3n) is 9.33. The lowest BCUT2D eigenvalue weighted by atomic mass is 9.95. The molecule has 0 aliphatic rings. The van der Waals surface area contributed by atoms with Crippen LogP contribution >= 0.6 is 0 Å². The molecule has 45 heavy (non-hydrogen) atoms. The molecule has 210 valence electrons.